The summed E-state index contributed by atoms with van der Waals surface area (Å²) in [6.07, 6.45) is 0. The molecule has 0 spiro atoms. The molecule has 0 unspecified atom stereocenters. The van der Waals surface area contributed by atoms with Crippen LogP contribution < -0.4 is 0 Å². The monoisotopic (exact) mass is 320 g/mol. The molecule has 34 valence electrons. The number of nitriles is 2. The second-order valence-corrected chi connectivity index (χ2v) is 0.600. The molecule has 0 aromatic heterocycles. The molecule has 0 amide bonds. The second-order valence-electron chi connectivity index (χ2n) is 0.200. The topological polar surface area (TPSA) is 47.6 Å². The number of hydrogen-bond donors (Lipinski definition) is 2. The van der Waals surface area contributed by atoms with E-state index in [2.05, 4.69) is 25.3 Å². The maximum Gasteiger partial charge on any atom is 0.130 e. The normalized spacial score (nSPS) is 2.29. The van der Waals surface area contributed by atoms with Crippen molar-refractivity contribution in [2.75, 3.05) is 0 Å². The van der Waals surface area contributed by atoms with E-state index in [4.69, 9.17) is 10.5 Å². The Hall–Kier alpha value is 0.615. The smallest absolute Gasteiger partial charge is 0.130 e. The van der Waals surface area contributed by atoms with E-state index < -0.39 is 0 Å². The van der Waals surface area contributed by atoms with Crippen molar-refractivity contribution < 1.29 is 27.7 Å². The van der Waals surface area contributed by atoms with Crippen LogP contribution in [-0.2, 0) is 27.7 Å². The van der Waals surface area contributed by atoms with E-state index in [9.17, 15) is 0 Å². The Bertz CT molecular complexity index is 68.7. The quantitative estimate of drug-likeness (QED) is 0.394. The van der Waals surface area contributed by atoms with Gasteiger partial charge in [-0.3, -0.25) is 0 Å². The molecule has 0 atom stereocenters. The summed E-state index contributed by atoms with van der Waals surface area (Å²) in [7, 11) is 0. The van der Waals surface area contributed by atoms with Crippen LogP contribution >= 0.6 is 25.3 Å². The number of thiol groups is 2. The van der Waals surface area contributed by atoms with Crippen LogP contribution in [0.1, 0.15) is 0 Å². The summed E-state index contributed by atoms with van der Waals surface area (Å²) in [5.41, 5.74) is 0. The first-order chi connectivity index (χ1) is 2.83. The third-order valence-electron chi connectivity index (χ3n) is 0. The Kier molecular flexibility index (Phi) is 68.2. The molecule has 2 nitrogen and oxygen atoms in total. The largest absolute Gasteiger partial charge is 0.185 e. The molecular formula is C2H2HgN2S2. The molecule has 0 aromatic rings. The molecule has 0 aliphatic heterocycles. The zero-order valence-corrected chi connectivity index (χ0v) is 10.8. The Morgan fingerprint density at radius 3 is 1.00 bits per heavy atom. The van der Waals surface area contributed by atoms with Gasteiger partial charge in [0.1, 0.15) is 10.8 Å². The molecule has 0 N–H and O–H groups in total. The number of nitrogens with zero attached hydrogens (tertiary/aromatic N) is 2. The molecular weight excluding hydrogens is 317 g/mol. The maximum atomic E-state index is 7.18. The van der Waals surface area contributed by atoms with Gasteiger partial charge in [-0.25, -0.2) is 0 Å². The summed E-state index contributed by atoms with van der Waals surface area (Å²) in [5.74, 6) is 0. The summed E-state index contributed by atoms with van der Waals surface area (Å²) < 4.78 is 0. The van der Waals surface area contributed by atoms with E-state index in [-0.39, 0.29) is 27.7 Å². The van der Waals surface area contributed by atoms with Gasteiger partial charge in [0.05, 0.1) is 0 Å². The Balaban J connectivity index is -0.0000000400. The van der Waals surface area contributed by atoms with Crippen LogP contribution in [-0.4, -0.2) is 0 Å². The second kappa shape index (κ2) is 30.5. The van der Waals surface area contributed by atoms with Gasteiger partial charge < -0.3 is 0 Å². The van der Waals surface area contributed by atoms with Crippen LogP contribution in [0.25, 0.3) is 0 Å². The Morgan fingerprint density at radius 2 is 1.00 bits per heavy atom. The fourth-order valence-electron chi connectivity index (χ4n) is 0. The van der Waals surface area contributed by atoms with Crippen molar-refractivity contribution in [2.24, 2.45) is 0 Å². The summed E-state index contributed by atoms with van der Waals surface area (Å²) in [5, 5.41) is 17.3. The molecule has 0 heterocycles. The summed E-state index contributed by atoms with van der Waals surface area (Å²) >= 11 is 6.19. The van der Waals surface area contributed by atoms with Crippen LogP contribution in [0.2, 0.25) is 0 Å². The van der Waals surface area contributed by atoms with Crippen molar-refractivity contribution in [2.45, 2.75) is 0 Å². The Labute approximate surface area is 73.8 Å². The maximum absolute atomic E-state index is 7.18. The summed E-state index contributed by atoms with van der Waals surface area (Å²) in [6.45, 7) is 0. The summed E-state index contributed by atoms with van der Waals surface area (Å²) in [6, 6.07) is 0. The van der Waals surface area contributed by atoms with Crippen molar-refractivity contribution in [1.82, 2.24) is 0 Å². The van der Waals surface area contributed by atoms with Crippen molar-refractivity contribution in [1.29, 1.82) is 10.5 Å². The van der Waals surface area contributed by atoms with Gasteiger partial charge in [0.25, 0.3) is 0 Å². The molecule has 0 rings (SSSR count). The van der Waals surface area contributed by atoms with Gasteiger partial charge in [-0.2, -0.15) is 10.5 Å². The van der Waals surface area contributed by atoms with Crippen LogP contribution in [0.15, 0.2) is 0 Å². The predicted octanol–water partition coefficient (Wildman–Crippen LogP) is 0.792. The molecule has 7 heavy (non-hydrogen) atoms. The van der Waals surface area contributed by atoms with Crippen LogP contribution in [0, 0.1) is 21.3 Å². The van der Waals surface area contributed by atoms with Crippen LogP contribution in [0.5, 0.6) is 0 Å². The average Bonchev–Trinajstić information content (AvgIpc) is 1.39. The molecule has 0 radical (unpaired) electrons. The molecule has 5 heteroatoms. The van der Waals surface area contributed by atoms with Gasteiger partial charge in [0.15, 0.2) is 0 Å². The minimum absolute atomic E-state index is 0. The zero-order valence-electron chi connectivity index (χ0n) is 3.50. The van der Waals surface area contributed by atoms with Crippen molar-refractivity contribution in [3.05, 3.63) is 0 Å². The van der Waals surface area contributed by atoms with E-state index in [0.29, 0.717) is 0 Å². The van der Waals surface area contributed by atoms with E-state index in [0.717, 1.165) is 0 Å². The predicted molar refractivity (Wildman–Crippen MR) is 29.2 cm³/mol. The number of hydrogen-bond acceptors (Lipinski definition) is 4. The van der Waals surface area contributed by atoms with Gasteiger partial charge in [-0.05, 0) is 0 Å². The van der Waals surface area contributed by atoms with Crippen molar-refractivity contribution in [3.8, 4) is 10.8 Å². The van der Waals surface area contributed by atoms with E-state index in [1.54, 1.807) is 0 Å². The minimum atomic E-state index is 0. The van der Waals surface area contributed by atoms with Crippen molar-refractivity contribution >= 4 is 25.3 Å². The average molecular weight is 319 g/mol. The molecule has 0 aliphatic rings. The number of thiocyanates is 2. The van der Waals surface area contributed by atoms with E-state index >= 15 is 0 Å². The first-order valence-electron chi connectivity index (χ1n) is 0.894. The zero-order chi connectivity index (χ0) is 5.41. The van der Waals surface area contributed by atoms with E-state index in [1.165, 1.54) is 10.8 Å². The third kappa shape index (κ3) is 372. The standard InChI is InChI=1S/2CHNS.Hg/c2*2-1-3;/h2*3H;. The van der Waals surface area contributed by atoms with Gasteiger partial charge in [0, 0.05) is 27.7 Å². The number of rotatable bonds is 0. The summed E-state index contributed by atoms with van der Waals surface area (Å²) in [4.78, 5) is 0. The van der Waals surface area contributed by atoms with Crippen LogP contribution in [0.4, 0.5) is 0 Å². The fraction of sp³-hybridized carbons (Fsp3) is 0. The van der Waals surface area contributed by atoms with Crippen LogP contribution in [0.3, 0.4) is 0 Å². The molecule has 0 bridgehead atoms. The Morgan fingerprint density at radius 1 is 1.00 bits per heavy atom. The van der Waals surface area contributed by atoms with Gasteiger partial charge in [0.2, 0.25) is 0 Å². The van der Waals surface area contributed by atoms with Gasteiger partial charge in [-0.15, -0.1) is 0 Å². The SMILES string of the molecule is N#CS.N#CS.[Hg]. The molecule has 0 fully saturated rings. The van der Waals surface area contributed by atoms with Gasteiger partial charge in [-0.1, -0.05) is 25.3 Å². The minimum Gasteiger partial charge on any atom is -0.185 e. The molecule has 0 saturated heterocycles. The molecule has 0 aliphatic carbocycles. The first-order valence-corrected chi connectivity index (χ1v) is 1.79. The van der Waals surface area contributed by atoms with E-state index in [1.807, 2.05) is 0 Å². The third-order valence-corrected chi connectivity index (χ3v) is 0. The fourth-order valence-corrected chi connectivity index (χ4v) is 0. The van der Waals surface area contributed by atoms with Crippen molar-refractivity contribution in [3.63, 3.8) is 0 Å². The molecule has 0 saturated carbocycles. The first kappa shape index (κ1) is 15.6. The molecule has 0 aromatic carbocycles. The van der Waals surface area contributed by atoms with Gasteiger partial charge >= 0.3 is 0 Å².